The van der Waals surface area contributed by atoms with Crippen molar-refractivity contribution >= 4 is 11.9 Å². The molecule has 4 heteroatoms. The van der Waals surface area contributed by atoms with Crippen LogP contribution in [0.3, 0.4) is 0 Å². The van der Waals surface area contributed by atoms with E-state index < -0.39 is 5.97 Å². The van der Waals surface area contributed by atoms with Gasteiger partial charge in [-0.1, -0.05) is 31.0 Å². The highest BCUT2D eigenvalue weighted by atomic mass is 16.4. The van der Waals surface area contributed by atoms with Crippen molar-refractivity contribution in [1.82, 2.24) is 5.32 Å². The van der Waals surface area contributed by atoms with Gasteiger partial charge in [-0.05, 0) is 25.0 Å². The Labute approximate surface area is 107 Å². The highest BCUT2D eigenvalue weighted by Crippen LogP contribution is 2.08. The molecular weight excluding hydrogens is 230 g/mol. The molecular formula is C14H19NO3. The summed E-state index contributed by atoms with van der Waals surface area (Å²) < 4.78 is 0. The van der Waals surface area contributed by atoms with Crippen LogP contribution >= 0.6 is 0 Å². The molecule has 0 heterocycles. The third-order valence-corrected chi connectivity index (χ3v) is 2.91. The number of hydrogen-bond acceptors (Lipinski definition) is 2. The minimum Gasteiger partial charge on any atom is -0.481 e. The third kappa shape index (κ3) is 4.57. The number of amides is 1. The fourth-order valence-electron chi connectivity index (χ4n) is 1.65. The van der Waals surface area contributed by atoms with Crippen LogP contribution in [0.25, 0.3) is 0 Å². The van der Waals surface area contributed by atoms with Crippen LogP contribution in [0.15, 0.2) is 24.3 Å². The Morgan fingerprint density at radius 1 is 1.28 bits per heavy atom. The van der Waals surface area contributed by atoms with Crippen molar-refractivity contribution in [2.45, 2.75) is 26.7 Å². The maximum atomic E-state index is 11.8. The van der Waals surface area contributed by atoms with Crippen LogP contribution in [0.5, 0.6) is 0 Å². The summed E-state index contributed by atoms with van der Waals surface area (Å²) in [5, 5.41) is 11.5. The highest BCUT2D eigenvalue weighted by Gasteiger charge is 2.13. The van der Waals surface area contributed by atoms with Crippen LogP contribution in [-0.4, -0.2) is 23.5 Å². The van der Waals surface area contributed by atoms with Gasteiger partial charge in [0, 0.05) is 18.5 Å². The van der Waals surface area contributed by atoms with Gasteiger partial charge in [-0.25, -0.2) is 0 Å². The summed E-state index contributed by atoms with van der Waals surface area (Å²) >= 11 is 0. The number of benzene rings is 1. The summed E-state index contributed by atoms with van der Waals surface area (Å²) in [6.07, 6.45) is 0.825. The molecule has 0 aliphatic rings. The monoisotopic (exact) mass is 249 g/mol. The lowest BCUT2D eigenvalue weighted by molar-refractivity contribution is -0.138. The van der Waals surface area contributed by atoms with Crippen molar-refractivity contribution in [3.8, 4) is 0 Å². The van der Waals surface area contributed by atoms with Crippen molar-refractivity contribution in [3.05, 3.63) is 35.4 Å². The molecule has 18 heavy (non-hydrogen) atoms. The van der Waals surface area contributed by atoms with E-state index in [1.807, 2.05) is 26.0 Å². The van der Waals surface area contributed by atoms with E-state index >= 15 is 0 Å². The lowest BCUT2D eigenvalue weighted by Crippen LogP contribution is -2.30. The zero-order chi connectivity index (χ0) is 13.5. The molecule has 2 N–H and O–H groups in total. The molecule has 0 saturated heterocycles. The normalized spacial score (nSPS) is 11.9. The third-order valence-electron chi connectivity index (χ3n) is 2.91. The standard InChI is InChI=1S/C14H19NO3/c1-3-11(8-13(16)17)9-15-14(18)12-6-4-10(2)5-7-12/h4-7,11H,3,8-9H2,1-2H3,(H,15,18)(H,16,17). The molecule has 0 saturated carbocycles. The fraction of sp³-hybridized carbons (Fsp3) is 0.429. The average Bonchev–Trinajstić information content (AvgIpc) is 2.34. The van der Waals surface area contributed by atoms with Crippen molar-refractivity contribution in [3.63, 3.8) is 0 Å². The molecule has 0 radical (unpaired) electrons. The SMILES string of the molecule is CCC(CNC(=O)c1ccc(C)cc1)CC(=O)O. The van der Waals surface area contributed by atoms with Gasteiger partial charge in [0.15, 0.2) is 0 Å². The number of hydrogen-bond donors (Lipinski definition) is 2. The van der Waals surface area contributed by atoms with Crippen LogP contribution in [0.4, 0.5) is 0 Å². The molecule has 1 rings (SSSR count). The minimum atomic E-state index is -0.827. The fourth-order valence-corrected chi connectivity index (χ4v) is 1.65. The number of rotatable bonds is 6. The van der Waals surface area contributed by atoms with Crippen LogP contribution < -0.4 is 5.32 Å². The van der Waals surface area contributed by atoms with Crippen molar-refractivity contribution < 1.29 is 14.7 Å². The Kier molecular flexibility index (Phi) is 5.36. The van der Waals surface area contributed by atoms with E-state index in [1.54, 1.807) is 12.1 Å². The first kappa shape index (κ1) is 14.2. The number of nitrogens with one attached hydrogen (secondary N) is 1. The molecule has 0 spiro atoms. The van der Waals surface area contributed by atoms with Gasteiger partial charge in [0.25, 0.3) is 5.91 Å². The maximum Gasteiger partial charge on any atom is 0.303 e. The quantitative estimate of drug-likeness (QED) is 0.812. The summed E-state index contributed by atoms with van der Waals surface area (Å²) in [4.78, 5) is 22.4. The molecule has 0 fully saturated rings. The van der Waals surface area contributed by atoms with E-state index in [9.17, 15) is 9.59 Å². The summed E-state index contributed by atoms with van der Waals surface area (Å²) in [5.41, 5.74) is 1.70. The molecule has 0 aliphatic heterocycles. The Hall–Kier alpha value is -1.84. The molecule has 1 amide bonds. The molecule has 98 valence electrons. The second kappa shape index (κ2) is 6.79. The summed E-state index contributed by atoms with van der Waals surface area (Å²) in [6, 6.07) is 7.29. The topological polar surface area (TPSA) is 66.4 Å². The Morgan fingerprint density at radius 2 is 1.89 bits per heavy atom. The second-order valence-electron chi connectivity index (χ2n) is 4.45. The van der Waals surface area contributed by atoms with Crippen LogP contribution in [-0.2, 0) is 4.79 Å². The van der Waals surface area contributed by atoms with Gasteiger partial charge < -0.3 is 10.4 Å². The van der Waals surface area contributed by atoms with E-state index in [4.69, 9.17) is 5.11 Å². The number of carboxylic acid groups (broad SMARTS) is 1. The lowest BCUT2D eigenvalue weighted by atomic mass is 10.0. The van der Waals surface area contributed by atoms with Crippen molar-refractivity contribution in [1.29, 1.82) is 0 Å². The minimum absolute atomic E-state index is 0.0168. The van der Waals surface area contributed by atoms with Gasteiger partial charge >= 0.3 is 5.97 Å². The van der Waals surface area contributed by atoms with Crippen LogP contribution in [0.1, 0.15) is 35.7 Å². The predicted molar refractivity (Wildman–Crippen MR) is 69.5 cm³/mol. The van der Waals surface area contributed by atoms with Crippen molar-refractivity contribution in [2.75, 3.05) is 6.54 Å². The number of carbonyl (C=O) groups is 2. The molecule has 0 aromatic heterocycles. The first-order valence-electron chi connectivity index (χ1n) is 6.09. The van der Waals surface area contributed by atoms with Crippen LogP contribution in [0.2, 0.25) is 0 Å². The molecule has 1 unspecified atom stereocenters. The smallest absolute Gasteiger partial charge is 0.303 e. The Balaban J connectivity index is 2.49. The lowest BCUT2D eigenvalue weighted by Gasteiger charge is -2.13. The van der Waals surface area contributed by atoms with Gasteiger partial charge in [0.2, 0.25) is 0 Å². The maximum absolute atomic E-state index is 11.8. The van der Waals surface area contributed by atoms with Gasteiger partial charge in [0.1, 0.15) is 0 Å². The second-order valence-corrected chi connectivity index (χ2v) is 4.45. The Morgan fingerprint density at radius 3 is 2.39 bits per heavy atom. The van der Waals surface area contributed by atoms with Gasteiger partial charge in [-0.2, -0.15) is 0 Å². The van der Waals surface area contributed by atoms with E-state index in [-0.39, 0.29) is 18.2 Å². The predicted octanol–water partition coefficient (Wildman–Crippen LogP) is 2.23. The molecule has 4 nitrogen and oxygen atoms in total. The summed E-state index contributed by atoms with van der Waals surface area (Å²) in [5.74, 6) is -0.998. The Bertz CT molecular complexity index is 412. The van der Waals surface area contributed by atoms with Gasteiger partial charge in [0.05, 0.1) is 0 Å². The van der Waals surface area contributed by atoms with E-state index in [2.05, 4.69) is 5.32 Å². The van der Waals surface area contributed by atoms with Crippen molar-refractivity contribution in [2.24, 2.45) is 5.92 Å². The van der Waals surface area contributed by atoms with Crippen LogP contribution in [0, 0.1) is 12.8 Å². The number of carboxylic acids is 1. The van der Waals surface area contributed by atoms with E-state index in [0.717, 1.165) is 12.0 Å². The zero-order valence-electron chi connectivity index (χ0n) is 10.8. The van der Waals surface area contributed by atoms with Gasteiger partial charge in [-0.15, -0.1) is 0 Å². The molecule has 0 aliphatic carbocycles. The molecule has 1 aromatic rings. The summed E-state index contributed by atoms with van der Waals surface area (Å²) in [6.45, 7) is 4.28. The van der Waals surface area contributed by atoms with E-state index in [0.29, 0.717) is 12.1 Å². The number of aliphatic carboxylic acids is 1. The molecule has 1 atom stereocenters. The van der Waals surface area contributed by atoms with Gasteiger partial charge in [-0.3, -0.25) is 9.59 Å². The highest BCUT2D eigenvalue weighted by molar-refractivity contribution is 5.94. The number of aryl methyl sites for hydroxylation is 1. The van der Waals surface area contributed by atoms with E-state index in [1.165, 1.54) is 0 Å². The molecule has 0 bridgehead atoms. The first-order valence-corrected chi connectivity index (χ1v) is 6.09. The average molecular weight is 249 g/mol. The number of carbonyl (C=O) groups excluding carboxylic acids is 1. The zero-order valence-corrected chi connectivity index (χ0v) is 10.8. The first-order chi connectivity index (χ1) is 8.52. The largest absolute Gasteiger partial charge is 0.481 e. The molecule has 1 aromatic carbocycles. The summed E-state index contributed by atoms with van der Waals surface area (Å²) in [7, 11) is 0.